The summed E-state index contributed by atoms with van der Waals surface area (Å²) in [5, 5.41) is 2.95. The van der Waals surface area contributed by atoms with Gasteiger partial charge in [-0.25, -0.2) is 8.42 Å². The number of fused-ring (bicyclic) bond motifs is 1. The fraction of sp³-hybridized carbons (Fsp3) is 0.435. The summed E-state index contributed by atoms with van der Waals surface area (Å²) >= 11 is 0. The topological polar surface area (TPSA) is 69.7 Å². The number of anilines is 2. The summed E-state index contributed by atoms with van der Waals surface area (Å²) in [7, 11) is -3.59. The molecule has 1 heterocycles. The number of hydrogen-bond donors (Lipinski definition) is 1. The van der Waals surface area contributed by atoms with Crippen LogP contribution in [0.2, 0.25) is 0 Å². The second-order valence-electron chi connectivity index (χ2n) is 7.68. The summed E-state index contributed by atoms with van der Waals surface area (Å²) < 4.78 is 26.1. The highest BCUT2D eigenvalue weighted by atomic mass is 32.2. The monoisotopic (exact) mass is 429 g/mol. The summed E-state index contributed by atoms with van der Waals surface area (Å²) in [6, 6.07) is 16.5. The molecule has 2 aromatic rings. The summed E-state index contributed by atoms with van der Waals surface area (Å²) in [5.41, 5.74) is 3.17. The lowest BCUT2D eigenvalue weighted by atomic mass is 10.0. The molecule has 30 heavy (non-hydrogen) atoms. The summed E-state index contributed by atoms with van der Waals surface area (Å²) in [4.78, 5) is 15.2. The van der Waals surface area contributed by atoms with Gasteiger partial charge in [0.1, 0.15) is 6.04 Å². The van der Waals surface area contributed by atoms with Crippen molar-refractivity contribution in [3.05, 3.63) is 60.2 Å². The van der Waals surface area contributed by atoms with E-state index in [1.165, 1.54) is 15.6 Å². The second kappa shape index (κ2) is 9.98. The lowest BCUT2D eigenvalue weighted by Gasteiger charge is -2.32. The highest BCUT2D eigenvalue weighted by Crippen LogP contribution is 2.26. The van der Waals surface area contributed by atoms with Gasteiger partial charge < -0.3 is 10.2 Å². The van der Waals surface area contributed by atoms with Crippen molar-refractivity contribution in [3.8, 4) is 0 Å². The first-order valence-electron chi connectivity index (χ1n) is 10.6. The van der Waals surface area contributed by atoms with Crippen molar-refractivity contribution >= 4 is 27.3 Å². The Balaban J connectivity index is 1.59. The van der Waals surface area contributed by atoms with E-state index in [1.807, 2.05) is 13.0 Å². The van der Waals surface area contributed by atoms with E-state index in [9.17, 15) is 13.2 Å². The van der Waals surface area contributed by atoms with Crippen LogP contribution >= 0.6 is 0 Å². The van der Waals surface area contributed by atoms with Crippen LogP contribution in [0.4, 0.5) is 11.4 Å². The van der Waals surface area contributed by atoms with Crippen LogP contribution in [0.25, 0.3) is 0 Å². The molecule has 1 aliphatic rings. The molecule has 0 spiro atoms. The Morgan fingerprint density at radius 1 is 1.13 bits per heavy atom. The van der Waals surface area contributed by atoms with Gasteiger partial charge >= 0.3 is 0 Å². The van der Waals surface area contributed by atoms with Crippen LogP contribution in [0.1, 0.15) is 31.7 Å². The minimum atomic E-state index is -3.59. The Morgan fingerprint density at radius 2 is 1.83 bits per heavy atom. The van der Waals surface area contributed by atoms with Crippen LogP contribution in [0.15, 0.2) is 54.6 Å². The van der Waals surface area contributed by atoms with Crippen molar-refractivity contribution in [1.29, 1.82) is 0 Å². The van der Waals surface area contributed by atoms with E-state index in [4.69, 9.17) is 0 Å². The van der Waals surface area contributed by atoms with Crippen LogP contribution in [-0.4, -0.2) is 46.3 Å². The molecule has 0 saturated heterocycles. The molecule has 2 aromatic carbocycles. The van der Waals surface area contributed by atoms with Gasteiger partial charge in [-0.15, -0.1) is 0 Å². The molecule has 7 heteroatoms. The highest BCUT2D eigenvalue weighted by molar-refractivity contribution is 7.92. The normalized spacial score (nSPS) is 14.7. The predicted octanol–water partition coefficient (Wildman–Crippen LogP) is 3.19. The number of para-hydroxylation sites is 2. The van der Waals surface area contributed by atoms with Gasteiger partial charge in [0, 0.05) is 25.3 Å². The molecule has 0 saturated carbocycles. The molecule has 0 fully saturated rings. The van der Waals surface area contributed by atoms with E-state index in [0.717, 1.165) is 38.6 Å². The maximum atomic E-state index is 12.9. The minimum absolute atomic E-state index is 0.258. The van der Waals surface area contributed by atoms with Gasteiger partial charge in [-0.3, -0.25) is 9.10 Å². The fourth-order valence-electron chi connectivity index (χ4n) is 4.08. The largest absolute Gasteiger partial charge is 0.371 e. The van der Waals surface area contributed by atoms with Gasteiger partial charge in [0.25, 0.3) is 0 Å². The predicted molar refractivity (Wildman–Crippen MR) is 122 cm³/mol. The number of carbonyl (C=O) groups is 1. The molecular weight excluding hydrogens is 398 g/mol. The van der Waals surface area contributed by atoms with Crippen molar-refractivity contribution < 1.29 is 13.2 Å². The Labute approximate surface area is 179 Å². The minimum Gasteiger partial charge on any atom is -0.371 e. The van der Waals surface area contributed by atoms with E-state index in [2.05, 4.69) is 34.5 Å². The van der Waals surface area contributed by atoms with E-state index >= 15 is 0 Å². The molecule has 1 N–H and O–H groups in total. The zero-order chi connectivity index (χ0) is 21.6. The van der Waals surface area contributed by atoms with Crippen molar-refractivity contribution in [3.63, 3.8) is 0 Å². The molecule has 162 valence electrons. The number of amides is 1. The van der Waals surface area contributed by atoms with Gasteiger partial charge in [0.2, 0.25) is 15.9 Å². The average Bonchev–Trinajstić information content (AvgIpc) is 2.74. The van der Waals surface area contributed by atoms with Crippen LogP contribution in [0.3, 0.4) is 0 Å². The standard InChI is InChI=1S/C23H31N3O3S/c1-3-21(26(30(2,28)29)20-13-5-4-6-14-20)23(27)24-16-10-18-25-17-9-12-19-11-7-8-15-22(19)25/h4-8,11,13-15,21H,3,9-10,12,16-18H2,1-2H3,(H,24,27)/t21-/m1/s1. The molecular formula is C23H31N3O3S. The summed E-state index contributed by atoms with van der Waals surface area (Å²) in [5.74, 6) is -0.258. The van der Waals surface area contributed by atoms with E-state index in [1.54, 1.807) is 24.3 Å². The Morgan fingerprint density at radius 3 is 2.53 bits per heavy atom. The van der Waals surface area contributed by atoms with Crippen molar-refractivity contribution in [2.45, 2.75) is 38.6 Å². The number of sulfonamides is 1. The fourth-order valence-corrected chi connectivity index (χ4v) is 5.29. The van der Waals surface area contributed by atoms with E-state index in [-0.39, 0.29) is 5.91 Å². The first kappa shape index (κ1) is 22.2. The highest BCUT2D eigenvalue weighted by Gasteiger charge is 2.31. The number of nitrogens with one attached hydrogen (secondary N) is 1. The number of benzene rings is 2. The molecule has 0 bridgehead atoms. The molecule has 0 aliphatic carbocycles. The third-order valence-corrected chi connectivity index (χ3v) is 6.63. The van der Waals surface area contributed by atoms with E-state index < -0.39 is 16.1 Å². The Bertz CT molecular complexity index is 947. The lowest BCUT2D eigenvalue weighted by Crippen LogP contribution is -2.49. The number of rotatable bonds is 9. The molecule has 1 aliphatic heterocycles. The number of nitrogens with zero attached hydrogens (tertiary/aromatic N) is 2. The maximum absolute atomic E-state index is 12.9. The Kier molecular flexibility index (Phi) is 7.37. The molecule has 3 rings (SSSR count). The summed E-state index contributed by atoms with van der Waals surface area (Å²) in [6.07, 6.45) is 4.60. The Hall–Kier alpha value is -2.54. The third kappa shape index (κ3) is 5.33. The molecule has 6 nitrogen and oxygen atoms in total. The van der Waals surface area contributed by atoms with E-state index in [0.29, 0.717) is 18.7 Å². The molecule has 0 radical (unpaired) electrons. The van der Waals surface area contributed by atoms with Crippen LogP contribution < -0.4 is 14.5 Å². The first-order valence-corrected chi connectivity index (χ1v) is 12.4. The smallest absolute Gasteiger partial charge is 0.243 e. The SMILES string of the molecule is CC[C@H](C(=O)NCCCN1CCCc2ccccc21)N(c1ccccc1)S(C)(=O)=O. The molecule has 0 unspecified atom stereocenters. The third-order valence-electron chi connectivity index (χ3n) is 5.45. The van der Waals surface area contributed by atoms with Crippen molar-refractivity contribution in [1.82, 2.24) is 5.32 Å². The maximum Gasteiger partial charge on any atom is 0.243 e. The first-order chi connectivity index (χ1) is 14.4. The zero-order valence-corrected chi connectivity index (χ0v) is 18.6. The number of aryl methyl sites for hydroxylation is 1. The van der Waals surface area contributed by atoms with Crippen LogP contribution in [0, 0.1) is 0 Å². The lowest BCUT2D eigenvalue weighted by molar-refractivity contribution is -0.122. The zero-order valence-electron chi connectivity index (χ0n) is 17.8. The summed E-state index contributed by atoms with van der Waals surface area (Å²) in [6.45, 7) is 4.23. The molecule has 1 atom stereocenters. The van der Waals surface area contributed by atoms with Crippen LogP contribution in [-0.2, 0) is 21.2 Å². The van der Waals surface area contributed by atoms with Crippen molar-refractivity contribution in [2.75, 3.05) is 35.1 Å². The molecule has 0 aromatic heterocycles. The van der Waals surface area contributed by atoms with Gasteiger partial charge in [0.05, 0.1) is 11.9 Å². The van der Waals surface area contributed by atoms with Crippen molar-refractivity contribution in [2.24, 2.45) is 0 Å². The van der Waals surface area contributed by atoms with Crippen LogP contribution in [0.5, 0.6) is 0 Å². The number of carbonyl (C=O) groups excluding carboxylic acids is 1. The molecule has 1 amide bonds. The van der Waals surface area contributed by atoms with Gasteiger partial charge in [-0.2, -0.15) is 0 Å². The second-order valence-corrected chi connectivity index (χ2v) is 9.54. The van der Waals surface area contributed by atoms with Gasteiger partial charge in [-0.05, 0) is 49.4 Å². The van der Waals surface area contributed by atoms with Gasteiger partial charge in [0.15, 0.2) is 0 Å². The number of hydrogen-bond acceptors (Lipinski definition) is 4. The van der Waals surface area contributed by atoms with Gasteiger partial charge in [-0.1, -0.05) is 43.3 Å². The average molecular weight is 430 g/mol. The quantitative estimate of drug-likeness (QED) is 0.622.